The second-order valence-corrected chi connectivity index (χ2v) is 1.90. The first-order valence-corrected chi connectivity index (χ1v) is 4.62. The lowest BCUT2D eigenvalue weighted by atomic mass is 10.2. The van der Waals surface area contributed by atoms with Gasteiger partial charge in [-0.25, -0.2) is 0 Å². The highest BCUT2D eigenvalue weighted by Gasteiger charge is 1.95. The van der Waals surface area contributed by atoms with Crippen LogP contribution in [-0.4, -0.2) is 11.6 Å². The Labute approximate surface area is 85.2 Å². The first kappa shape index (κ1) is 22.8. The Morgan fingerprint density at radius 1 is 0.846 bits per heavy atom. The Hall–Kier alpha value is -0.660. The molecule has 0 aliphatic carbocycles. The molecule has 0 unspecified atom stereocenters. The molecule has 0 aromatic carbocycles. The summed E-state index contributed by atoms with van der Waals surface area (Å²) in [5.41, 5.74) is 0. The molecular weight excluding hydrogens is 164 g/mol. The van der Waals surface area contributed by atoms with Gasteiger partial charge in [-0.3, -0.25) is 0 Å². The van der Waals surface area contributed by atoms with Gasteiger partial charge in [-0.15, -0.1) is 0 Å². The van der Waals surface area contributed by atoms with Crippen molar-refractivity contribution < 1.29 is 11.0 Å². The van der Waals surface area contributed by atoms with E-state index in [2.05, 4.69) is 0 Å². The van der Waals surface area contributed by atoms with Gasteiger partial charge in [-0.2, -0.15) is 0 Å². The molecule has 0 saturated carbocycles. The van der Waals surface area contributed by atoms with E-state index in [0.717, 1.165) is 0 Å². The summed E-state index contributed by atoms with van der Waals surface area (Å²) in [6.45, 7) is 11.0. The number of hydrogen-bond donors (Lipinski definition) is 0. The highest BCUT2D eigenvalue weighted by molar-refractivity contribution is 5.83. The summed E-state index contributed by atoms with van der Waals surface area (Å²) in [5, 5.41) is 0. The van der Waals surface area contributed by atoms with E-state index in [1.54, 1.807) is 0 Å². The molecule has 0 aliphatic rings. The minimum absolute atomic E-state index is 0. The number of carbonyl (C=O) groups excluding carboxylic acids is 2. The smallest absolute Gasteiger partial charge is 0.130 e. The fourth-order valence-corrected chi connectivity index (χ4v) is 0.352. The Morgan fingerprint density at radius 2 is 1.00 bits per heavy atom. The fraction of sp³-hybridized carbons (Fsp3) is 0.818. The van der Waals surface area contributed by atoms with E-state index in [9.17, 15) is 9.59 Å². The molecule has 0 aromatic rings. The zero-order valence-corrected chi connectivity index (χ0v) is 9.23. The van der Waals surface area contributed by atoms with Gasteiger partial charge in [0, 0.05) is 14.3 Å². The topological polar surface area (TPSA) is 34.1 Å². The van der Waals surface area contributed by atoms with Crippen LogP contribution >= 0.6 is 0 Å². The summed E-state index contributed by atoms with van der Waals surface area (Å²) in [6.07, 6.45) is 0.796. The lowest BCUT2D eigenvalue weighted by molar-refractivity contribution is -0.122. The van der Waals surface area contributed by atoms with Gasteiger partial charge in [0.05, 0.1) is 0 Å². The van der Waals surface area contributed by atoms with Gasteiger partial charge >= 0.3 is 0 Å². The molecule has 0 N–H and O–H groups in total. The normalized spacial score (nSPS) is 6.31. The number of rotatable bonds is 3. The van der Waals surface area contributed by atoms with Gasteiger partial charge in [0.25, 0.3) is 0 Å². The van der Waals surface area contributed by atoms with E-state index in [1.807, 2.05) is 27.7 Å². The van der Waals surface area contributed by atoms with Crippen LogP contribution in [0.25, 0.3) is 0 Å². The second-order valence-electron chi connectivity index (χ2n) is 1.90. The maximum absolute atomic E-state index is 10.2. The minimum Gasteiger partial charge on any atom is -0.300 e. The second kappa shape index (κ2) is 22.5. The number of hydrogen-bond acceptors (Lipinski definition) is 2. The van der Waals surface area contributed by atoms with Crippen molar-refractivity contribution in [3.05, 3.63) is 0 Å². The van der Waals surface area contributed by atoms with Crippen LogP contribution in [0, 0.1) is 0 Å². The van der Waals surface area contributed by atoms with Gasteiger partial charge in [0.1, 0.15) is 11.6 Å². The monoisotopic (exact) mass is 193 g/mol. The van der Waals surface area contributed by atoms with Crippen LogP contribution < -0.4 is 0 Å². The van der Waals surface area contributed by atoms with Gasteiger partial charge < -0.3 is 9.59 Å². The lowest BCUT2D eigenvalue weighted by Gasteiger charge is -1.86. The van der Waals surface area contributed by atoms with E-state index in [-0.39, 0.29) is 20.4 Å². The molecule has 0 saturated heterocycles. The van der Waals surface area contributed by atoms with E-state index in [0.29, 0.717) is 12.8 Å². The van der Waals surface area contributed by atoms with Crippen molar-refractivity contribution in [1.82, 2.24) is 0 Å². The maximum atomic E-state index is 10.2. The fourth-order valence-electron chi connectivity index (χ4n) is 0.352. The zero-order chi connectivity index (χ0) is 10.6. The van der Waals surface area contributed by atoms with Crippen molar-refractivity contribution in [2.45, 2.75) is 61.8 Å². The van der Waals surface area contributed by atoms with Crippen molar-refractivity contribution in [2.24, 2.45) is 0 Å². The highest BCUT2D eigenvalue weighted by atomic mass is 16.1. The number of ketones is 2. The van der Waals surface area contributed by atoms with Gasteiger partial charge in [-0.05, 0) is 13.8 Å². The summed E-state index contributed by atoms with van der Waals surface area (Å²) >= 11 is 0. The third-order valence-corrected chi connectivity index (χ3v) is 0.829. The summed E-state index contributed by atoms with van der Waals surface area (Å²) in [6, 6.07) is 0. The number of Topliss-reactive ketones (excluding diaryl/α,β-unsaturated/α-hetero) is 2. The van der Waals surface area contributed by atoms with Crippen molar-refractivity contribution in [3.8, 4) is 0 Å². The Bertz CT molecular complexity index is 97.9. The largest absolute Gasteiger partial charge is 0.300 e. The summed E-state index contributed by atoms with van der Waals surface area (Å²) in [5.74, 6) is 0.167. The predicted molar refractivity (Wildman–Crippen MR) is 62.1 cm³/mol. The molecule has 13 heavy (non-hydrogen) atoms. The summed E-state index contributed by atoms with van der Waals surface area (Å²) < 4.78 is 0. The Balaban J connectivity index is -0.0000000400. The quantitative estimate of drug-likeness (QED) is 0.681. The summed E-state index contributed by atoms with van der Waals surface area (Å²) in [4.78, 5) is 20.4. The first-order valence-electron chi connectivity index (χ1n) is 4.62. The van der Waals surface area contributed by atoms with Crippen molar-refractivity contribution in [3.63, 3.8) is 0 Å². The van der Waals surface area contributed by atoms with Gasteiger partial charge in [0.15, 0.2) is 0 Å². The standard InChI is InChI=1S/C6H10O2.2C2H6.CH4.H2/c1-5(7)3-4-6(2)8;2*1-2;;/h3-4H2,1-2H3;2*1-2H3;1H4;1H/i;;;;1+1. The van der Waals surface area contributed by atoms with Crippen LogP contribution in [0.15, 0.2) is 0 Å². The Morgan fingerprint density at radius 3 is 1.08 bits per heavy atom. The molecule has 0 rings (SSSR count). The molecule has 0 radical (unpaired) electrons. The van der Waals surface area contributed by atoms with E-state index >= 15 is 0 Å². The Kier molecular flexibility index (Phi) is 39.5. The van der Waals surface area contributed by atoms with Crippen LogP contribution in [0.1, 0.15) is 63.2 Å². The molecule has 0 aliphatic heterocycles. The molecule has 2 nitrogen and oxygen atoms in total. The van der Waals surface area contributed by atoms with Crippen LogP contribution in [0.5, 0.6) is 0 Å². The molecule has 0 spiro atoms. The average molecular weight is 193 g/mol. The molecule has 0 aromatic heterocycles. The highest BCUT2D eigenvalue weighted by Crippen LogP contribution is 1.89. The third kappa shape index (κ3) is 52.5. The average Bonchev–Trinajstić information content (AvgIpc) is 2.08. The molecule has 0 fully saturated rings. The molecule has 0 bridgehead atoms. The molecule has 0 amide bonds. The van der Waals surface area contributed by atoms with Crippen LogP contribution in [0.2, 0.25) is 0 Å². The van der Waals surface area contributed by atoms with Crippen molar-refractivity contribution >= 4 is 11.6 Å². The van der Waals surface area contributed by atoms with Crippen LogP contribution in [0.3, 0.4) is 0 Å². The predicted octanol–water partition coefficient (Wildman–Crippen LogP) is 3.88. The van der Waals surface area contributed by atoms with Crippen molar-refractivity contribution in [1.29, 1.82) is 0 Å². The van der Waals surface area contributed by atoms with Gasteiger partial charge in [0.2, 0.25) is 0 Å². The van der Waals surface area contributed by atoms with Gasteiger partial charge in [-0.1, -0.05) is 35.1 Å². The molecule has 0 atom stereocenters. The van der Waals surface area contributed by atoms with Crippen LogP contribution in [0.4, 0.5) is 0 Å². The lowest BCUT2D eigenvalue weighted by Crippen LogP contribution is -1.95. The van der Waals surface area contributed by atoms with E-state index in [1.165, 1.54) is 13.8 Å². The van der Waals surface area contributed by atoms with Crippen LogP contribution in [-0.2, 0) is 9.59 Å². The molecular formula is C11H28O2. The molecule has 0 heterocycles. The number of carbonyl (C=O) groups is 2. The van der Waals surface area contributed by atoms with Crippen molar-refractivity contribution in [2.75, 3.05) is 0 Å². The molecule has 2 heteroatoms. The zero-order valence-electron chi connectivity index (χ0n) is 9.23. The minimum atomic E-state index is 0. The summed E-state index contributed by atoms with van der Waals surface area (Å²) in [7, 11) is 0. The SMILES string of the molecule is C.CC.CC.CC(=O)CCC(C)=O.[2HH]. The van der Waals surface area contributed by atoms with E-state index < -0.39 is 0 Å². The molecule has 84 valence electrons. The van der Waals surface area contributed by atoms with E-state index in [4.69, 9.17) is 0 Å². The maximum Gasteiger partial charge on any atom is 0.130 e. The first-order chi connectivity index (χ1) is 5.63. The third-order valence-electron chi connectivity index (χ3n) is 0.829.